The molecule has 0 aromatic heterocycles. The molecule has 0 bridgehead atoms. The van der Waals surface area contributed by atoms with Crippen LogP contribution >= 0.6 is 11.6 Å². The molecule has 1 unspecified atom stereocenters. The van der Waals surface area contributed by atoms with Crippen LogP contribution in [-0.4, -0.2) is 44.8 Å². The van der Waals surface area contributed by atoms with Gasteiger partial charge in [-0.15, -0.1) is 11.6 Å². The van der Waals surface area contributed by atoms with E-state index in [4.69, 9.17) is 25.8 Å². The molecule has 0 heterocycles. The summed E-state index contributed by atoms with van der Waals surface area (Å²) >= 11 is 5.79. The predicted molar refractivity (Wildman–Crippen MR) is 82.6 cm³/mol. The fourth-order valence-corrected chi connectivity index (χ4v) is 1.95. The largest absolute Gasteiger partial charge is 0.490 e. The molecule has 0 saturated heterocycles. The summed E-state index contributed by atoms with van der Waals surface area (Å²) < 4.78 is 16.0. The Hall–Kier alpha value is -1.46. The molecule has 5 nitrogen and oxygen atoms in total. The molecular weight excluding hydrogens is 294 g/mol. The number of hydrogen-bond donors (Lipinski definition) is 1. The number of carbonyl (C=O) groups excluding carboxylic acids is 1. The Bertz CT molecular complexity index is 453. The first-order chi connectivity index (χ1) is 10.2. The van der Waals surface area contributed by atoms with Crippen LogP contribution in [0.2, 0.25) is 0 Å². The molecular formula is C15H22ClNO4. The van der Waals surface area contributed by atoms with Crippen molar-refractivity contribution in [2.24, 2.45) is 0 Å². The molecule has 6 heteroatoms. The number of ether oxygens (including phenoxy) is 3. The number of amides is 1. The van der Waals surface area contributed by atoms with Crippen molar-refractivity contribution in [3.8, 4) is 11.5 Å². The zero-order chi connectivity index (χ0) is 15.7. The summed E-state index contributed by atoms with van der Waals surface area (Å²) in [6, 6.07) is 4.87. The van der Waals surface area contributed by atoms with Gasteiger partial charge in [0.25, 0.3) is 5.91 Å². The fourth-order valence-electron chi connectivity index (χ4n) is 1.79. The zero-order valence-corrected chi connectivity index (χ0v) is 13.4. The van der Waals surface area contributed by atoms with Crippen LogP contribution in [0.4, 0.5) is 0 Å². The van der Waals surface area contributed by atoms with Crippen LogP contribution in [0.3, 0.4) is 0 Å². The standard InChI is InChI=1S/C15H22ClNO4/c1-4-20-13-7-6-11(8-14(13)21-5-2)15(18)17-12(9-16)10-19-3/h6-8,12H,4-5,9-10H2,1-3H3,(H,17,18). The van der Waals surface area contributed by atoms with E-state index in [2.05, 4.69) is 5.32 Å². The van der Waals surface area contributed by atoms with E-state index in [0.717, 1.165) is 0 Å². The predicted octanol–water partition coefficient (Wildman–Crippen LogP) is 2.47. The summed E-state index contributed by atoms with van der Waals surface area (Å²) in [6.45, 7) is 5.17. The summed E-state index contributed by atoms with van der Waals surface area (Å²) in [4.78, 5) is 12.2. The summed E-state index contributed by atoms with van der Waals surface area (Å²) in [7, 11) is 1.57. The minimum absolute atomic E-state index is 0.221. The molecule has 1 aromatic carbocycles. The Labute approximate surface area is 130 Å². The fraction of sp³-hybridized carbons (Fsp3) is 0.533. The molecule has 0 aliphatic carbocycles. The normalized spacial score (nSPS) is 11.8. The second-order valence-electron chi connectivity index (χ2n) is 4.31. The average Bonchev–Trinajstić information content (AvgIpc) is 2.48. The van der Waals surface area contributed by atoms with Gasteiger partial charge < -0.3 is 19.5 Å². The Kier molecular flexibility index (Phi) is 7.93. The number of rotatable bonds is 9. The summed E-state index contributed by atoms with van der Waals surface area (Å²) in [5.41, 5.74) is 0.494. The number of carbonyl (C=O) groups is 1. The second-order valence-corrected chi connectivity index (χ2v) is 4.62. The van der Waals surface area contributed by atoms with Crippen molar-refractivity contribution in [3.05, 3.63) is 23.8 Å². The number of halogens is 1. The third-order valence-electron chi connectivity index (χ3n) is 2.69. The molecule has 1 rings (SSSR count). The molecule has 0 fully saturated rings. The van der Waals surface area contributed by atoms with Gasteiger partial charge in [-0.2, -0.15) is 0 Å². The lowest BCUT2D eigenvalue weighted by atomic mass is 10.1. The van der Waals surface area contributed by atoms with Crippen LogP contribution in [0, 0.1) is 0 Å². The highest BCUT2D eigenvalue weighted by atomic mass is 35.5. The van der Waals surface area contributed by atoms with Gasteiger partial charge in [0.2, 0.25) is 0 Å². The Balaban J connectivity index is 2.86. The van der Waals surface area contributed by atoms with Crippen LogP contribution in [0.5, 0.6) is 11.5 Å². The van der Waals surface area contributed by atoms with Gasteiger partial charge in [0.1, 0.15) is 0 Å². The monoisotopic (exact) mass is 315 g/mol. The van der Waals surface area contributed by atoms with Crippen molar-refractivity contribution < 1.29 is 19.0 Å². The van der Waals surface area contributed by atoms with Crippen LogP contribution in [0.15, 0.2) is 18.2 Å². The highest BCUT2D eigenvalue weighted by Crippen LogP contribution is 2.28. The van der Waals surface area contributed by atoms with E-state index in [9.17, 15) is 4.79 Å². The van der Waals surface area contributed by atoms with Crippen LogP contribution < -0.4 is 14.8 Å². The molecule has 0 aliphatic heterocycles. The lowest BCUT2D eigenvalue weighted by Gasteiger charge is -2.16. The minimum atomic E-state index is -0.230. The van der Waals surface area contributed by atoms with E-state index in [0.29, 0.717) is 36.9 Å². The number of benzene rings is 1. The van der Waals surface area contributed by atoms with Gasteiger partial charge in [0, 0.05) is 18.6 Å². The topological polar surface area (TPSA) is 56.8 Å². The quantitative estimate of drug-likeness (QED) is 0.711. The SMILES string of the molecule is CCOc1ccc(C(=O)NC(CCl)COC)cc1OCC. The van der Waals surface area contributed by atoms with Gasteiger partial charge >= 0.3 is 0 Å². The third kappa shape index (κ3) is 5.44. The lowest BCUT2D eigenvalue weighted by molar-refractivity contribution is 0.0906. The van der Waals surface area contributed by atoms with Crippen LogP contribution in [0.1, 0.15) is 24.2 Å². The molecule has 1 N–H and O–H groups in total. The average molecular weight is 316 g/mol. The Morgan fingerprint density at radius 2 is 1.90 bits per heavy atom. The maximum absolute atomic E-state index is 12.2. The third-order valence-corrected chi connectivity index (χ3v) is 3.07. The Morgan fingerprint density at radius 1 is 1.24 bits per heavy atom. The molecule has 118 valence electrons. The van der Waals surface area contributed by atoms with Crippen molar-refractivity contribution >= 4 is 17.5 Å². The molecule has 0 spiro atoms. The minimum Gasteiger partial charge on any atom is -0.490 e. The number of methoxy groups -OCH3 is 1. The van der Waals surface area contributed by atoms with Crippen molar-refractivity contribution in [2.75, 3.05) is 32.8 Å². The molecule has 0 aliphatic rings. The van der Waals surface area contributed by atoms with Gasteiger partial charge in [-0.3, -0.25) is 4.79 Å². The number of nitrogens with one attached hydrogen (secondary N) is 1. The van der Waals surface area contributed by atoms with E-state index in [1.54, 1.807) is 25.3 Å². The first-order valence-electron chi connectivity index (χ1n) is 6.91. The lowest BCUT2D eigenvalue weighted by Crippen LogP contribution is -2.39. The summed E-state index contributed by atoms with van der Waals surface area (Å²) in [5, 5.41) is 2.81. The smallest absolute Gasteiger partial charge is 0.251 e. The van der Waals surface area contributed by atoms with Crippen molar-refractivity contribution in [1.82, 2.24) is 5.32 Å². The second kappa shape index (κ2) is 9.47. The van der Waals surface area contributed by atoms with Crippen LogP contribution in [-0.2, 0) is 4.74 Å². The summed E-state index contributed by atoms with van der Waals surface area (Å²) in [6.07, 6.45) is 0. The number of hydrogen-bond acceptors (Lipinski definition) is 4. The van der Waals surface area contributed by atoms with Gasteiger partial charge in [-0.1, -0.05) is 0 Å². The van der Waals surface area contributed by atoms with Gasteiger partial charge in [-0.25, -0.2) is 0 Å². The first-order valence-corrected chi connectivity index (χ1v) is 7.45. The molecule has 21 heavy (non-hydrogen) atoms. The van der Waals surface area contributed by atoms with Gasteiger partial charge in [-0.05, 0) is 32.0 Å². The van der Waals surface area contributed by atoms with E-state index >= 15 is 0 Å². The molecule has 1 amide bonds. The van der Waals surface area contributed by atoms with Crippen molar-refractivity contribution in [1.29, 1.82) is 0 Å². The molecule has 1 atom stereocenters. The van der Waals surface area contributed by atoms with E-state index in [1.807, 2.05) is 13.8 Å². The molecule has 1 aromatic rings. The zero-order valence-electron chi connectivity index (χ0n) is 12.6. The van der Waals surface area contributed by atoms with Crippen molar-refractivity contribution in [2.45, 2.75) is 19.9 Å². The van der Waals surface area contributed by atoms with E-state index < -0.39 is 0 Å². The first kappa shape index (κ1) is 17.6. The van der Waals surface area contributed by atoms with Gasteiger partial charge in [0.15, 0.2) is 11.5 Å². The van der Waals surface area contributed by atoms with Crippen LogP contribution in [0.25, 0.3) is 0 Å². The number of alkyl halides is 1. The van der Waals surface area contributed by atoms with Gasteiger partial charge in [0.05, 0.1) is 25.9 Å². The van der Waals surface area contributed by atoms with E-state index in [-0.39, 0.29) is 17.8 Å². The van der Waals surface area contributed by atoms with Crippen molar-refractivity contribution in [3.63, 3.8) is 0 Å². The maximum Gasteiger partial charge on any atom is 0.251 e. The molecule has 0 radical (unpaired) electrons. The molecule has 0 saturated carbocycles. The summed E-state index contributed by atoms with van der Waals surface area (Å²) in [5.74, 6) is 1.25. The maximum atomic E-state index is 12.2. The highest BCUT2D eigenvalue weighted by Gasteiger charge is 2.15. The Morgan fingerprint density at radius 3 is 2.48 bits per heavy atom. The van der Waals surface area contributed by atoms with E-state index in [1.165, 1.54) is 0 Å². The highest BCUT2D eigenvalue weighted by molar-refractivity contribution is 6.18.